The lowest BCUT2D eigenvalue weighted by molar-refractivity contribution is 0.514. The van der Waals surface area contributed by atoms with Crippen molar-refractivity contribution in [3.63, 3.8) is 0 Å². The Morgan fingerprint density at radius 3 is 2.39 bits per heavy atom. The molecule has 0 aliphatic carbocycles. The van der Waals surface area contributed by atoms with Gasteiger partial charge in [-0.2, -0.15) is 5.10 Å². The number of hydrogen-bond donors (Lipinski definition) is 1. The highest BCUT2D eigenvalue weighted by Gasteiger charge is 2.29. The number of aryl methyl sites for hydroxylation is 2. The zero-order valence-electron chi connectivity index (χ0n) is 11.4. The predicted molar refractivity (Wildman–Crippen MR) is 76.3 cm³/mol. The Balaban J connectivity index is 2.68. The highest BCUT2D eigenvalue weighted by molar-refractivity contribution is 9.10. The van der Waals surface area contributed by atoms with E-state index in [0.717, 1.165) is 15.9 Å². The maximum atomic E-state index is 11.6. The summed E-state index contributed by atoms with van der Waals surface area (Å²) in [5.41, 5.74) is 1.94. The molecular formula is C11H20BrN3O2S. The standard InChI is InChI=1S/C11H20BrN3O2S/c1-8-10(12)9(15(4)14-8)6-13-7-11(2,3)18(5,16)17/h13H,6-7H2,1-5H3. The number of nitrogens with zero attached hydrogens (tertiary/aromatic N) is 2. The summed E-state index contributed by atoms with van der Waals surface area (Å²) in [4.78, 5) is 0. The summed E-state index contributed by atoms with van der Waals surface area (Å²) >= 11 is 3.48. The first-order chi connectivity index (χ1) is 8.06. The van der Waals surface area contributed by atoms with Crippen molar-refractivity contribution in [2.45, 2.75) is 32.1 Å². The van der Waals surface area contributed by atoms with E-state index in [2.05, 4.69) is 26.3 Å². The summed E-state index contributed by atoms with van der Waals surface area (Å²) in [6.45, 7) is 6.35. The van der Waals surface area contributed by atoms with Gasteiger partial charge in [-0.15, -0.1) is 0 Å². The second-order valence-corrected chi connectivity index (χ2v) is 8.55. The average molecular weight is 338 g/mol. The highest BCUT2D eigenvalue weighted by atomic mass is 79.9. The van der Waals surface area contributed by atoms with Gasteiger partial charge in [0, 0.05) is 26.4 Å². The van der Waals surface area contributed by atoms with E-state index in [1.54, 1.807) is 18.5 Å². The van der Waals surface area contributed by atoms with Gasteiger partial charge in [0.05, 0.1) is 20.6 Å². The van der Waals surface area contributed by atoms with Crippen LogP contribution in [0.3, 0.4) is 0 Å². The minimum atomic E-state index is -3.07. The van der Waals surface area contributed by atoms with Crippen LogP contribution in [0.4, 0.5) is 0 Å². The van der Waals surface area contributed by atoms with E-state index < -0.39 is 14.6 Å². The van der Waals surface area contributed by atoms with Crippen LogP contribution in [0, 0.1) is 6.92 Å². The van der Waals surface area contributed by atoms with Crippen LogP contribution in [0.5, 0.6) is 0 Å². The molecule has 18 heavy (non-hydrogen) atoms. The van der Waals surface area contributed by atoms with Crippen LogP contribution in [-0.2, 0) is 23.4 Å². The van der Waals surface area contributed by atoms with E-state index >= 15 is 0 Å². The van der Waals surface area contributed by atoms with Crippen LogP contribution in [0.2, 0.25) is 0 Å². The van der Waals surface area contributed by atoms with Crippen LogP contribution in [0.15, 0.2) is 4.47 Å². The predicted octanol–water partition coefficient (Wildman–Crippen LogP) is 1.40. The number of sulfone groups is 1. The Hall–Kier alpha value is -0.400. The third-order valence-electron chi connectivity index (χ3n) is 3.11. The van der Waals surface area contributed by atoms with E-state index in [1.807, 2.05) is 14.0 Å². The molecule has 1 aromatic heterocycles. The van der Waals surface area contributed by atoms with Crippen LogP contribution in [0.25, 0.3) is 0 Å². The van der Waals surface area contributed by atoms with Gasteiger partial charge >= 0.3 is 0 Å². The van der Waals surface area contributed by atoms with Crippen molar-refractivity contribution in [1.82, 2.24) is 15.1 Å². The van der Waals surface area contributed by atoms with Crippen LogP contribution in [-0.4, -0.2) is 35.7 Å². The Bertz CT molecular complexity index is 535. The topological polar surface area (TPSA) is 64.0 Å². The lowest BCUT2D eigenvalue weighted by Gasteiger charge is -2.22. The average Bonchev–Trinajstić information content (AvgIpc) is 2.42. The lowest BCUT2D eigenvalue weighted by Crippen LogP contribution is -2.41. The fourth-order valence-electron chi connectivity index (χ4n) is 1.49. The molecule has 5 nitrogen and oxygen atoms in total. The SMILES string of the molecule is Cc1nn(C)c(CNCC(C)(C)S(C)(=O)=O)c1Br. The van der Waals surface area contributed by atoms with Crippen molar-refractivity contribution in [2.24, 2.45) is 7.05 Å². The first-order valence-corrected chi connectivity index (χ1v) is 8.33. The van der Waals surface area contributed by atoms with Gasteiger partial charge in [0.25, 0.3) is 0 Å². The van der Waals surface area contributed by atoms with Gasteiger partial charge in [-0.3, -0.25) is 4.68 Å². The van der Waals surface area contributed by atoms with Crippen molar-refractivity contribution in [3.8, 4) is 0 Å². The number of rotatable bonds is 5. The van der Waals surface area contributed by atoms with E-state index in [9.17, 15) is 8.42 Å². The largest absolute Gasteiger partial charge is 0.310 e. The van der Waals surface area contributed by atoms with Crippen molar-refractivity contribution >= 4 is 25.8 Å². The Morgan fingerprint density at radius 1 is 1.44 bits per heavy atom. The first-order valence-electron chi connectivity index (χ1n) is 5.64. The summed E-state index contributed by atoms with van der Waals surface area (Å²) in [7, 11) is -1.20. The third-order valence-corrected chi connectivity index (χ3v) is 6.29. The minimum absolute atomic E-state index is 0.405. The summed E-state index contributed by atoms with van der Waals surface area (Å²) in [6, 6.07) is 0. The van der Waals surface area contributed by atoms with Crippen molar-refractivity contribution in [1.29, 1.82) is 0 Å². The monoisotopic (exact) mass is 337 g/mol. The molecule has 0 bridgehead atoms. The number of nitrogens with one attached hydrogen (secondary N) is 1. The van der Waals surface area contributed by atoms with Crippen LogP contribution >= 0.6 is 15.9 Å². The van der Waals surface area contributed by atoms with E-state index in [4.69, 9.17) is 0 Å². The van der Waals surface area contributed by atoms with E-state index in [0.29, 0.717) is 13.1 Å². The molecule has 0 amide bonds. The molecule has 0 unspecified atom stereocenters. The molecule has 0 aromatic carbocycles. The lowest BCUT2D eigenvalue weighted by atomic mass is 10.2. The van der Waals surface area contributed by atoms with E-state index in [1.165, 1.54) is 6.26 Å². The Morgan fingerprint density at radius 2 is 2.00 bits per heavy atom. The first kappa shape index (κ1) is 15.7. The summed E-state index contributed by atoms with van der Waals surface area (Å²) in [5.74, 6) is 0. The van der Waals surface area contributed by atoms with Gasteiger partial charge < -0.3 is 5.32 Å². The number of aromatic nitrogens is 2. The number of halogens is 1. The maximum absolute atomic E-state index is 11.6. The van der Waals surface area contributed by atoms with Gasteiger partial charge in [-0.05, 0) is 36.7 Å². The molecule has 7 heteroatoms. The van der Waals surface area contributed by atoms with E-state index in [-0.39, 0.29) is 0 Å². The molecular weight excluding hydrogens is 318 g/mol. The molecule has 0 aliphatic heterocycles. The fourth-order valence-corrected chi connectivity index (χ4v) is 2.33. The Kier molecular flexibility index (Phi) is 4.61. The Labute approximate surface area is 117 Å². The molecule has 0 radical (unpaired) electrons. The van der Waals surface area contributed by atoms with Crippen molar-refractivity contribution in [3.05, 3.63) is 15.9 Å². The molecule has 1 N–H and O–H groups in total. The molecule has 1 heterocycles. The second-order valence-electron chi connectivity index (χ2n) is 5.11. The van der Waals surface area contributed by atoms with Gasteiger partial charge in [-0.25, -0.2) is 8.42 Å². The molecule has 1 aromatic rings. The van der Waals surface area contributed by atoms with Gasteiger partial charge in [-0.1, -0.05) is 0 Å². The third kappa shape index (κ3) is 3.33. The summed E-state index contributed by atoms with van der Waals surface area (Å²) in [5, 5.41) is 7.46. The maximum Gasteiger partial charge on any atom is 0.153 e. The van der Waals surface area contributed by atoms with Crippen LogP contribution in [0.1, 0.15) is 25.2 Å². The summed E-state index contributed by atoms with van der Waals surface area (Å²) in [6.07, 6.45) is 1.26. The molecule has 0 saturated heterocycles. The van der Waals surface area contributed by atoms with Crippen LogP contribution < -0.4 is 5.32 Å². The minimum Gasteiger partial charge on any atom is -0.310 e. The fraction of sp³-hybridized carbons (Fsp3) is 0.727. The molecule has 0 aliphatic rings. The highest BCUT2D eigenvalue weighted by Crippen LogP contribution is 2.20. The molecule has 0 fully saturated rings. The normalized spacial score (nSPS) is 13.0. The van der Waals surface area contributed by atoms with Gasteiger partial charge in [0.15, 0.2) is 9.84 Å². The van der Waals surface area contributed by atoms with Crippen molar-refractivity contribution < 1.29 is 8.42 Å². The van der Waals surface area contributed by atoms with Gasteiger partial charge in [0.2, 0.25) is 0 Å². The molecule has 0 spiro atoms. The molecule has 1 rings (SSSR count). The quantitative estimate of drug-likeness (QED) is 0.882. The van der Waals surface area contributed by atoms with Gasteiger partial charge in [0.1, 0.15) is 0 Å². The molecule has 104 valence electrons. The summed E-state index contributed by atoms with van der Waals surface area (Å²) < 4.78 is 25.1. The second kappa shape index (κ2) is 5.30. The zero-order valence-corrected chi connectivity index (χ0v) is 13.8. The molecule has 0 atom stereocenters. The smallest absolute Gasteiger partial charge is 0.153 e. The van der Waals surface area contributed by atoms with Crippen molar-refractivity contribution in [2.75, 3.05) is 12.8 Å². The molecule has 0 saturated carbocycles. The zero-order chi connectivity index (χ0) is 14.1. The number of hydrogen-bond acceptors (Lipinski definition) is 4.